The van der Waals surface area contributed by atoms with Gasteiger partial charge >= 0.3 is 23.9 Å². The quantitative estimate of drug-likeness (QED) is 0.0477. The summed E-state index contributed by atoms with van der Waals surface area (Å²) in [6, 6.07) is 12.5. The molecular weight excluding hydrogens is 736 g/mol. The molecule has 19 nitrogen and oxygen atoms in total. The molecule has 4 aromatic rings. The average Bonchev–Trinajstić information content (AvgIpc) is 3.15. The van der Waals surface area contributed by atoms with E-state index in [4.69, 9.17) is 23.7 Å². The molecule has 5 atom stereocenters. The standard InChI is InChI=1S/C36H30O19/c37-19-8-16(9-20(38)27(19)44)33(48)53-31-30(47)25(14-51-26(43)7-6-15-4-2-1-3-5-15)52-36(55-35(50)18-12-23(41)29(46)24(42)13-18)32(31)54-34(49)17-10-21(39)28(45)22(40)11-17/h1-13,25,30-32,36-42,44-47H,14H2/t25-,30-,31+,32-,36+/m1/s1. The lowest BCUT2D eigenvalue weighted by atomic mass is 9.98. The first-order valence-corrected chi connectivity index (χ1v) is 15.6. The minimum absolute atomic E-state index is 0.616. The number of carbonyl (C=O) groups excluding carboxylic acids is 4. The molecule has 1 saturated heterocycles. The Kier molecular flexibility index (Phi) is 11.4. The van der Waals surface area contributed by atoms with Crippen LogP contribution >= 0.6 is 0 Å². The summed E-state index contributed by atoms with van der Waals surface area (Å²) in [7, 11) is 0. The van der Waals surface area contributed by atoms with Crippen molar-refractivity contribution in [2.75, 3.05) is 6.61 Å². The van der Waals surface area contributed by atoms with Gasteiger partial charge in [0.25, 0.3) is 0 Å². The number of phenols is 9. The fourth-order valence-corrected chi connectivity index (χ4v) is 5.05. The van der Waals surface area contributed by atoms with E-state index in [9.17, 15) is 70.2 Å². The Bertz CT molecular complexity index is 2080. The molecule has 10 N–H and O–H groups in total. The van der Waals surface area contributed by atoms with Gasteiger partial charge in [0, 0.05) is 6.08 Å². The van der Waals surface area contributed by atoms with Crippen LogP contribution in [0.15, 0.2) is 72.8 Å². The van der Waals surface area contributed by atoms with Gasteiger partial charge in [-0.15, -0.1) is 0 Å². The third-order valence-electron chi connectivity index (χ3n) is 7.85. The summed E-state index contributed by atoms with van der Waals surface area (Å²) in [5.74, 6) is -14.2. The van der Waals surface area contributed by atoms with E-state index in [0.29, 0.717) is 42.0 Å². The summed E-state index contributed by atoms with van der Waals surface area (Å²) < 4.78 is 27.1. The van der Waals surface area contributed by atoms with Gasteiger partial charge in [0.15, 0.2) is 57.8 Å². The Balaban J connectivity index is 1.52. The highest BCUT2D eigenvalue weighted by molar-refractivity contribution is 5.93. The highest BCUT2D eigenvalue weighted by Crippen LogP contribution is 2.39. The predicted molar refractivity (Wildman–Crippen MR) is 179 cm³/mol. The summed E-state index contributed by atoms with van der Waals surface area (Å²) >= 11 is 0. The molecule has 0 unspecified atom stereocenters. The van der Waals surface area contributed by atoms with Gasteiger partial charge in [0.1, 0.15) is 18.8 Å². The second-order valence-electron chi connectivity index (χ2n) is 11.6. The van der Waals surface area contributed by atoms with Crippen molar-refractivity contribution in [1.82, 2.24) is 0 Å². The predicted octanol–water partition coefficient (Wildman–Crippen LogP) is 1.99. The monoisotopic (exact) mass is 766 g/mol. The first kappa shape index (κ1) is 38.8. The van der Waals surface area contributed by atoms with Gasteiger partial charge in [-0.1, -0.05) is 30.3 Å². The summed E-state index contributed by atoms with van der Waals surface area (Å²) in [5, 5.41) is 100. The minimum Gasteiger partial charge on any atom is -0.504 e. The molecule has 0 aliphatic carbocycles. The molecule has 1 heterocycles. The number of rotatable bonds is 10. The Morgan fingerprint density at radius 2 is 0.982 bits per heavy atom. The molecule has 288 valence electrons. The van der Waals surface area contributed by atoms with Crippen molar-refractivity contribution in [1.29, 1.82) is 0 Å². The van der Waals surface area contributed by atoms with Crippen LogP contribution in [0.1, 0.15) is 36.6 Å². The van der Waals surface area contributed by atoms with E-state index in [1.807, 2.05) is 0 Å². The maximum absolute atomic E-state index is 13.4. The van der Waals surface area contributed by atoms with Crippen molar-refractivity contribution in [3.05, 3.63) is 95.1 Å². The number of aromatic hydroxyl groups is 9. The van der Waals surface area contributed by atoms with Crippen LogP contribution < -0.4 is 0 Å². The number of ether oxygens (including phenoxy) is 5. The molecule has 0 bridgehead atoms. The Hall–Kier alpha value is -7.38. The molecule has 1 aliphatic heterocycles. The number of aliphatic hydroxyl groups is 1. The SMILES string of the molecule is O=C(C=Cc1ccccc1)OC[C@H]1O[C@@H](OC(=O)c2cc(O)c(O)c(O)c2)[C@H](OC(=O)c2cc(O)c(O)c(O)c2)[C@@H](OC(=O)c2cc(O)c(O)c(O)c2)[C@@H]1O. The topological polar surface area (TPSA) is 317 Å². The van der Waals surface area contributed by atoms with Crippen molar-refractivity contribution in [3.8, 4) is 51.7 Å². The molecule has 1 fully saturated rings. The van der Waals surface area contributed by atoms with Crippen LogP contribution in [-0.2, 0) is 28.5 Å². The van der Waals surface area contributed by atoms with E-state index in [0.717, 1.165) is 6.08 Å². The lowest BCUT2D eigenvalue weighted by Gasteiger charge is -2.42. The fraction of sp³-hybridized carbons (Fsp3) is 0.167. The number of hydrogen-bond acceptors (Lipinski definition) is 19. The number of hydrogen-bond donors (Lipinski definition) is 10. The van der Waals surface area contributed by atoms with E-state index in [2.05, 4.69) is 0 Å². The van der Waals surface area contributed by atoms with Crippen molar-refractivity contribution >= 4 is 30.0 Å². The molecular formula is C36H30O19. The molecule has 0 spiro atoms. The normalized spacial score (nSPS) is 19.3. The van der Waals surface area contributed by atoms with Crippen LogP contribution in [0.25, 0.3) is 6.08 Å². The maximum atomic E-state index is 13.4. The van der Waals surface area contributed by atoms with E-state index in [1.165, 1.54) is 6.08 Å². The van der Waals surface area contributed by atoms with Gasteiger partial charge in [-0.3, -0.25) is 0 Å². The Morgan fingerprint density at radius 3 is 1.42 bits per heavy atom. The van der Waals surface area contributed by atoms with Gasteiger partial charge in [-0.05, 0) is 48.0 Å². The van der Waals surface area contributed by atoms with Crippen LogP contribution in [0.5, 0.6) is 51.7 Å². The van der Waals surface area contributed by atoms with Crippen molar-refractivity contribution in [3.63, 3.8) is 0 Å². The van der Waals surface area contributed by atoms with Crippen LogP contribution in [0.2, 0.25) is 0 Å². The maximum Gasteiger partial charge on any atom is 0.340 e. The molecule has 0 amide bonds. The first-order chi connectivity index (χ1) is 26.0. The van der Waals surface area contributed by atoms with E-state index in [1.54, 1.807) is 30.3 Å². The molecule has 55 heavy (non-hydrogen) atoms. The van der Waals surface area contributed by atoms with Gasteiger partial charge in [0.2, 0.25) is 12.4 Å². The molecule has 5 rings (SSSR count). The number of esters is 4. The molecule has 0 aromatic heterocycles. The zero-order valence-electron chi connectivity index (χ0n) is 27.7. The summed E-state index contributed by atoms with van der Waals surface area (Å²) in [6.45, 7) is -0.844. The van der Waals surface area contributed by atoms with Gasteiger partial charge < -0.3 is 74.7 Å². The van der Waals surface area contributed by atoms with E-state index >= 15 is 0 Å². The summed E-state index contributed by atoms with van der Waals surface area (Å²) in [4.78, 5) is 52.6. The number of aliphatic hydroxyl groups excluding tert-OH is 1. The molecule has 0 saturated carbocycles. The zero-order valence-corrected chi connectivity index (χ0v) is 27.7. The van der Waals surface area contributed by atoms with Gasteiger partial charge in [-0.2, -0.15) is 0 Å². The number of phenolic OH excluding ortho intramolecular Hbond substituents is 9. The average molecular weight is 767 g/mol. The lowest BCUT2D eigenvalue weighted by Crippen LogP contribution is -2.62. The van der Waals surface area contributed by atoms with Crippen molar-refractivity contribution in [2.24, 2.45) is 0 Å². The van der Waals surface area contributed by atoms with Gasteiger partial charge in [-0.25, -0.2) is 19.2 Å². The smallest absolute Gasteiger partial charge is 0.340 e. The Morgan fingerprint density at radius 1 is 0.582 bits per heavy atom. The van der Waals surface area contributed by atoms with Crippen LogP contribution in [0, 0.1) is 0 Å². The fourth-order valence-electron chi connectivity index (χ4n) is 5.05. The van der Waals surface area contributed by atoms with Crippen molar-refractivity contribution in [2.45, 2.75) is 30.7 Å². The van der Waals surface area contributed by atoms with Gasteiger partial charge in [0.05, 0.1) is 16.7 Å². The van der Waals surface area contributed by atoms with Crippen molar-refractivity contribution < 1.29 is 93.9 Å². The molecule has 4 aromatic carbocycles. The van der Waals surface area contributed by atoms with Crippen LogP contribution in [0.3, 0.4) is 0 Å². The molecule has 0 radical (unpaired) electrons. The van der Waals surface area contributed by atoms with Crippen LogP contribution in [0.4, 0.5) is 0 Å². The first-order valence-electron chi connectivity index (χ1n) is 15.6. The number of benzene rings is 4. The number of carbonyl (C=O) groups is 4. The second-order valence-corrected chi connectivity index (χ2v) is 11.6. The minimum atomic E-state index is -2.25. The Labute approximate surface area is 307 Å². The largest absolute Gasteiger partial charge is 0.504 e. The lowest BCUT2D eigenvalue weighted by molar-refractivity contribution is -0.284. The van der Waals surface area contributed by atoms with E-state index in [-0.39, 0.29) is 0 Å². The third-order valence-corrected chi connectivity index (χ3v) is 7.85. The highest BCUT2D eigenvalue weighted by atomic mass is 16.7. The summed E-state index contributed by atoms with van der Waals surface area (Å²) in [5.41, 5.74) is -1.30. The van der Waals surface area contributed by atoms with Crippen LogP contribution in [-0.4, -0.2) is 112 Å². The molecule has 1 aliphatic rings. The second kappa shape index (κ2) is 16.1. The third kappa shape index (κ3) is 8.81. The highest BCUT2D eigenvalue weighted by Gasteiger charge is 2.52. The summed E-state index contributed by atoms with van der Waals surface area (Å²) in [6.07, 6.45) is -8.13. The zero-order chi connectivity index (χ0) is 40.1. The van der Waals surface area contributed by atoms with E-state index < -0.39 is 130 Å². The molecule has 19 heteroatoms.